The molecule has 0 aliphatic carbocycles. The summed E-state index contributed by atoms with van der Waals surface area (Å²) >= 11 is 0. The van der Waals surface area contributed by atoms with Crippen LogP contribution in [0.5, 0.6) is 0 Å². The molecule has 2 fully saturated rings. The molecule has 36 heavy (non-hydrogen) atoms. The van der Waals surface area contributed by atoms with Crippen LogP contribution in [-0.2, 0) is 9.53 Å². The highest BCUT2D eigenvalue weighted by molar-refractivity contribution is 6.02. The van der Waals surface area contributed by atoms with Gasteiger partial charge >= 0.3 is 6.09 Å². The highest BCUT2D eigenvalue weighted by Crippen LogP contribution is 2.38. The van der Waals surface area contributed by atoms with Gasteiger partial charge < -0.3 is 19.4 Å². The molecular weight excluding hydrogens is 456 g/mol. The monoisotopic (exact) mass is 490 g/mol. The Morgan fingerprint density at radius 2 is 1.58 bits per heavy atom. The largest absolute Gasteiger partial charge is 0.446 e. The van der Waals surface area contributed by atoms with Crippen LogP contribution in [0.15, 0.2) is 42.5 Å². The molecule has 2 atom stereocenters. The van der Waals surface area contributed by atoms with Crippen molar-refractivity contribution in [2.75, 3.05) is 49.6 Å². The Kier molecular flexibility index (Phi) is 6.47. The number of benzene rings is 2. The van der Waals surface area contributed by atoms with Crippen LogP contribution in [0.3, 0.4) is 0 Å². The molecule has 8 heteroatoms. The molecule has 3 aliphatic heterocycles. The molecule has 3 aliphatic rings. The van der Waals surface area contributed by atoms with E-state index in [4.69, 9.17) is 4.74 Å². The molecule has 0 aromatic heterocycles. The van der Waals surface area contributed by atoms with E-state index >= 15 is 0 Å². The molecular formula is C28H34N4O4. The van der Waals surface area contributed by atoms with Gasteiger partial charge in [0.05, 0.1) is 17.5 Å². The van der Waals surface area contributed by atoms with Crippen molar-refractivity contribution in [2.24, 2.45) is 5.92 Å². The number of amides is 3. The summed E-state index contributed by atoms with van der Waals surface area (Å²) in [5, 5.41) is 0. The van der Waals surface area contributed by atoms with E-state index in [-0.39, 0.29) is 17.9 Å². The SMILES string of the molecule is CC(=O)N1CCN(C(=O)OC(C)C)c2cc(-c3ccc(C(=O)N4C[C@H]5CCN(C)[C@H]5C4)cc3)ccc21. The maximum Gasteiger partial charge on any atom is 0.414 e. The quantitative estimate of drug-likeness (QED) is 0.654. The number of rotatable bonds is 3. The molecule has 2 aromatic carbocycles. The Morgan fingerprint density at radius 1 is 0.889 bits per heavy atom. The topological polar surface area (TPSA) is 73.4 Å². The summed E-state index contributed by atoms with van der Waals surface area (Å²) in [6, 6.07) is 13.9. The molecule has 0 bridgehead atoms. The minimum atomic E-state index is -0.423. The second-order valence-corrected chi connectivity index (χ2v) is 10.3. The molecule has 2 saturated heterocycles. The number of likely N-dealkylation sites (tertiary alicyclic amines) is 2. The molecule has 0 radical (unpaired) electrons. The minimum Gasteiger partial charge on any atom is -0.446 e. The second-order valence-electron chi connectivity index (χ2n) is 10.3. The van der Waals surface area contributed by atoms with Crippen molar-refractivity contribution in [1.82, 2.24) is 9.80 Å². The number of carbonyl (C=O) groups is 3. The predicted molar refractivity (Wildman–Crippen MR) is 139 cm³/mol. The summed E-state index contributed by atoms with van der Waals surface area (Å²) in [6.45, 7) is 8.68. The fourth-order valence-corrected chi connectivity index (χ4v) is 5.70. The van der Waals surface area contributed by atoms with Crippen molar-refractivity contribution in [1.29, 1.82) is 0 Å². The van der Waals surface area contributed by atoms with E-state index in [9.17, 15) is 14.4 Å². The molecule has 8 nitrogen and oxygen atoms in total. The van der Waals surface area contributed by atoms with E-state index in [1.165, 1.54) is 6.92 Å². The van der Waals surface area contributed by atoms with Crippen molar-refractivity contribution < 1.29 is 19.1 Å². The van der Waals surface area contributed by atoms with Gasteiger partial charge in [0.1, 0.15) is 0 Å². The van der Waals surface area contributed by atoms with Crippen LogP contribution in [0, 0.1) is 5.92 Å². The van der Waals surface area contributed by atoms with Crippen molar-refractivity contribution in [3.8, 4) is 11.1 Å². The average Bonchev–Trinajstić information content (AvgIpc) is 3.44. The summed E-state index contributed by atoms with van der Waals surface area (Å²) in [4.78, 5) is 45.8. The lowest BCUT2D eigenvalue weighted by Crippen LogP contribution is -2.46. The van der Waals surface area contributed by atoms with Crippen LogP contribution >= 0.6 is 0 Å². The van der Waals surface area contributed by atoms with Gasteiger partial charge in [-0.2, -0.15) is 0 Å². The van der Waals surface area contributed by atoms with Gasteiger partial charge in [-0.3, -0.25) is 14.5 Å². The Balaban J connectivity index is 1.38. The van der Waals surface area contributed by atoms with Crippen LogP contribution in [0.2, 0.25) is 0 Å². The third-order valence-corrected chi connectivity index (χ3v) is 7.62. The van der Waals surface area contributed by atoms with Crippen molar-refractivity contribution in [3.63, 3.8) is 0 Å². The highest BCUT2D eigenvalue weighted by atomic mass is 16.6. The van der Waals surface area contributed by atoms with Crippen LogP contribution < -0.4 is 9.80 Å². The molecule has 5 rings (SSSR count). The molecule has 190 valence electrons. The van der Waals surface area contributed by atoms with Gasteiger partial charge in [-0.15, -0.1) is 0 Å². The molecule has 3 heterocycles. The normalized spacial score (nSPS) is 21.5. The molecule has 2 aromatic rings. The van der Waals surface area contributed by atoms with Gasteiger partial charge in [-0.05, 0) is 75.2 Å². The Labute approximate surface area is 212 Å². The van der Waals surface area contributed by atoms with Crippen molar-refractivity contribution in [3.05, 3.63) is 48.0 Å². The minimum absolute atomic E-state index is 0.0685. The number of ether oxygens (including phenoxy) is 1. The first kappa shape index (κ1) is 24.3. The third kappa shape index (κ3) is 4.46. The van der Waals surface area contributed by atoms with E-state index in [1.54, 1.807) is 9.80 Å². The summed E-state index contributed by atoms with van der Waals surface area (Å²) < 4.78 is 5.45. The van der Waals surface area contributed by atoms with E-state index in [0.29, 0.717) is 42.0 Å². The third-order valence-electron chi connectivity index (χ3n) is 7.62. The molecule has 0 spiro atoms. The van der Waals surface area contributed by atoms with Gasteiger partial charge in [0.15, 0.2) is 0 Å². The number of fused-ring (bicyclic) bond motifs is 2. The second kappa shape index (κ2) is 9.58. The van der Waals surface area contributed by atoms with Crippen LogP contribution in [0.4, 0.5) is 16.2 Å². The van der Waals surface area contributed by atoms with Gasteiger partial charge in [0.25, 0.3) is 5.91 Å². The first-order valence-electron chi connectivity index (χ1n) is 12.7. The zero-order valence-electron chi connectivity index (χ0n) is 21.4. The summed E-state index contributed by atoms with van der Waals surface area (Å²) in [5.41, 5.74) is 3.86. The zero-order valence-corrected chi connectivity index (χ0v) is 21.4. The first-order valence-corrected chi connectivity index (χ1v) is 12.7. The van der Waals surface area contributed by atoms with Gasteiger partial charge in [0.2, 0.25) is 5.91 Å². The summed E-state index contributed by atoms with van der Waals surface area (Å²) in [7, 11) is 2.14. The van der Waals surface area contributed by atoms with E-state index in [1.807, 2.05) is 61.2 Å². The zero-order chi connectivity index (χ0) is 25.6. The number of hydrogen-bond acceptors (Lipinski definition) is 5. The highest BCUT2D eigenvalue weighted by Gasteiger charge is 2.41. The fourth-order valence-electron chi connectivity index (χ4n) is 5.70. The smallest absolute Gasteiger partial charge is 0.414 e. The number of anilines is 2. The van der Waals surface area contributed by atoms with E-state index in [0.717, 1.165) is 37.2 Å². The summed E-state index contributed by atoms with van der Waals surface area (Å²) in [5.74, 6) is 0.587. The lowest BCUT2D eigenvalue weighted by atomic mass is 10.0. The standard InChI is InChI=1S/C28H34N4O4/c1-18(2)36-28(35)32-14-13-31(19(3)33)24-10-9-22(15-25(24)32)20-5-7-21(8-6-20)27(34)30-16-23-11-12-29(4)26(23)17-30/h5-10,15,18,23,26H,11-14,16-17H2,1-4H3/t23-,26+/m1/s1. The van der Waals surface area contributed by atoms with E-state index in [2.05, 4.69) is 11.9 Å². The molecule has 0 N–H and O–H groups in total. The van der Waals surface area contributed by atoms with Crippen molar-refractivity contribution in [2.45, 2.75) is 39.3 Å². The first-order chi connectivity index (χ1) is 17.2. The van der Waals surface area contributed by atoms with Crippen LogP contribution in [0.25, 0.3) is 11.1 Å². The molecule has 3 amide bonds. The lowest BCUT2D eigenvalue weighted by Gasteiger charge is -2.36. The number of nitrogens with zero attached hydrogens (tertiary/aromatic N) is 4. The number of carbonyl (C=O) groups excluding carboxylic acids is 3. The van der Waals surface area contributed by atoms with Gasteiger partial charge in [0, 0.05) is 44.7 Å². The van der Waals surface area contributed by atoms with Gasteiger partial charge in [-0.25, -0.2) is 4.79 Å². The number of likely N-dealkylation sites (N-methyl/N-ethyl adjacent to an activating group) is 1. The molecule has 0 saturated carbocycles. The molecule has 0 unspecified atom stereocenters. The lowest BCUT2D eigenvalue weighted by molar-refractivity contribution is -0.116. The Hall–Kier alpha value is -3.39. The van der Waals surface area contributed by atoms with E-state index < -0.39 is 6.09 Å². The Morgan fingerprint density at radius 3 is 2.25 bits per heavy atom. The van der Waals surface area contributed by atoms with Crippen molar-refractivity contribution >= 4 is 29.3 Å². The number of hydrogen-bond donors (Lipinski definition) is 0. The maximum absolute atomic E-state index is 13.1. The van der Waals surface area contributed by atoms with Crippen LogP contribution in [-0.4, -0.2) is 79.6 Å². The summed E-state index contributed by atoms with van der Waals surface area (Å²) in [6.07, 6.45) is 0.495. The fraction of sp³-hybridized carbons (Fsp3) is 0.464. The maximum atomic E-state index is 13.1. The Bertz CT molecular complexity index is 1180. The predicted octanol–water partition coefficient (Wildman–Crippen LogP) is 3.85. The average molecular weight is 491 g/mol. The van der Waals surface area contributed by atoms with Gasteiger partial charge in [-0.1, -0.05) is 18.2 Å². The van der Waals surface area contributed by atoms with Crippen LogP contribution in [0.1, 0.15) is 37.6 Å².